The molecule has 1 saturated carbocycles. The Morgan fingerprint density at radius 3 is 3.04 bits per heavy atom. The lowest BCUT2D eigenvalue weighted by molar-refractivity contribution is 0.0776. The van der Waals surface area contributed by atoms with E-state index in [4.69, 9.17) is 4.52 Å². The van der Waals surface area contributed by atoms with E-state index >= 15 is 0 Å². The van der Waals surface area contributed by atoms with E-state index in [1.54, 1.807) is 17.4 Å². The minimum atomic E-state index is -0.0865. The van der Waals surface area contributed by atoms with Crippen molar-refractivity contribution in [3.8, 4) is 10.6 Å². The molecule has 0 bridgehead atoms. The van der Waals surface area contributed by atoms with Crippen molar-refractivity contribution in [1.82, 2.24) is 25.1 Å². The van der Waals surface area contributed by atoms with Crippen molar-refractivity contribution in [2.75, 3.05) is 13.1 Å². The van der Waals surface area contributed by atoms with Gasteiger partial charge in [-0.05, 0) is 30.7 Å². The first-order valence-electron chi connectivity index (χ1n) is 8.49. The lowest BCUT2D eigenvalue weighted by Crippen LogP contribution is -2.29. The maximum absolute atomic E-state index is 12.7. The fourth-order valence-electron chi connectivity index (χ4n) is 3.25. The molecule has 1 saturated heterocycles. The number of nitrogens with zero attached hydrogens (tertiary/aromatic N) is 5. The standard InChI is InChI=1S/C17H17N5O2S/c23-17(13-8-15(24-19-13)16-2-1-7-25-16)21-6-5-12(9-21)22-10-14(18-20-22)11-3-4-11/h1-2,7-8,10-12H,3-6,9H2. The van der Waals surface area contributed by atoms with E-state index in [2.05, 4.69) is 15.5 Å². The summed E-state index contributed by atoms with van der Waals surface area (Å²) in [6.45, 7) is 1.33. The fourth-order valence-corrected chi connectivity index (χ4v) is 3.92. The molecular weight excluding hydrogens is 338 g/mol. The Morgan fingerprint density at radius 1 is 1.32 bits per heavy atom. The molecule has 2 aliphatic rings. The van der Waals surface area contributed by atoms with Crippen LogP contribution in [0.5, 0.6) is 0 Å². The molecule has 0 radical (unpaired) electrons. The number of amides is 1. The van der Waals surface area contributed by atoms with E-state index in [0.29, 0.717) is 30.5 Å². The van der Waals surface area contributed by atoms with Crippen LogP contribution in [-0.4, -0.2) is 44.0 Å². The van der Waals surface area contributed by atoms with E-state index in [1.165, 1.54) is 12.8 Å². The van der Waals surface area contributed by atoms with Crippen LogP contribution in [0.4, 0.5) is 0 Å². The third kappa shape index (κ3) is 2.76. The summed E-state index contributed by atoms with van der Waals surface area (Å²) in [4.78, 5) is 15.5. The average Bonchev–Trinajstić information content (AvgIpc) is 3.16. The zero-order chi connectivity index (χ0) is 16.8. The normalized spacial score (nSPS) is 20.3. The Kier molecular flexibility index (Phi) is 3.44. The Hall–Kier alpha value is -2.48. The molecular formula is C17H17N5O2S. The van der Waals surface area contributed by atoms with Crippen LogP contribution in [-0.2, 0) is 0 Å². The zero-order valence-corrected chi connectivity index (χ0v) is 14.4. The van der Waals surface area contributed by atoms with Crippen LogP contribution < -0.4 is 0 Å². The second kappa shape index (κ2) is 5.80. The number of likely N-dealkylation sites (tertiary alicyclic amines) is 1. The van der Waals surface area contributed by atoms with Gasteiger partial charge in [-0.2, -0.15) is 0 Å². The van der Waals surface area contributed by atoms with E-state index in [0.717, 1.165) is 17.0 Å². The van der Waals surface area contributed by atoms with Gasteiger partial charge in [-0.15, -0.1) is 16.4 Å². The first-order valence-corrected chi connectivity index (χ1v) is 9.37. The smallest absolute Gasteiger partial charge is 0.276 e. The van der Waals surface area contributed by atoms with Crippen LogP contribution >= 0.6 is 11.3 Å². The predicted octanol–water partition coefficient (Wildman–Crippen LogP) is 2.96. The molecule has 8 heteroatoms. The van der Waals surface area contributed by atoms with E-state index < -0.39 is 0 Å². The topological polar surface area (TPSA) is 77.0 Å². The van der Waals surface area contributed by atoms with Crippen molar-refractivity contribution in [1.29, 1.82) is 0 Å². The number of hydrogen-bond donors (Lipinski definition) is 0. The molecule has 2 fully saturated rings. The number of hydrogen-bond acceptors (Lipinski definition) is 6. The van der Waals surface area contributed by atoms with Crippen LogP contribution in [0, 0.1) is 0 Å². The quantitative estimate of drug-likeness (QED) is 0.719. The van der Waals surface area contributed by atoms with Crippen LogP contribution in [0.15, 0.2) is 34.3 Å². The summed E-state index contributed by atoms with van der Waals surface area (Å²) >= 11 is 1.56. The van der Waals surface area contributed by atoms with Crippen LogP contribution in [0.25, 0.3) is 10.6 Å². The first-order chi connectivity index (χ1) is 12.3. The van der Waals surface area contributed by atoms with Crippen molar-refractivity contribution in [2.45, 2.75) is 31.2 Å². The molecule has 3 aromatic heterocycles. The molecule has 1 unspecified atom stereocenters. The van der Waals surface area contributed by atoms with Gasteiger partial charge >= 0.3 is 0 Å². The molecule has 0 aromatic carbocycles. The van der Waals surface area contributed by atoms with Gasteiger partial charge in [0.05, 0.1) is 16.6 Å². The second-order valence-corrected chi connectivity index (χ2v) is 7.59. The first kappa shape index (κ1) is 14.8. The van der Waals surface area contributed by atoms with Gasteiger partial charge in [0.15, 0.2) is 11.5 Å². The zero-order valence-electron chi connectivity index (χ0n) is 13.5. The molecule has 128 valence electrons. The van der Waals surface area contributed by atoms with Gasteiger partial charge < -0.3 is 9.42 Å². The van der Waals surface area contributed by atoms with Gasteiger partial charge in [-0.25, -0.2) is 4.68 Å². The largest absolute Gasteiger partial charge is 0.355 e. The Balaban J connectivity index is 1.28. The summed E-state index contributed by atoms with van der Waals surface area (Å²) < 4.78 is 7.24. The number of rotatable bonds is 4. The Bertz CT molecular complexity index is 896. The van der Waals surface area contributed by atoms with Crippen LogP contribution in [0.3, 0.4) is 0 Å². The summed E-state index contributed by atoms with van der Waals surface area (Å²) in [5.41, 5.74) is 1.45. The van der Waals surface area contributed by atoms with E-state index in [-0.39, 0.29) is 11.9 Å². The molecule has 0 spiro atoms. The summed E-state index contributed by atoms with van der Waals surface area (Å²) in [5.74, 6) is 1.15. The van der Waals surface area contributed by atoms with Gasteiger partial charge in [0, 0.05) is 31.3 Å². The lowest BCUT2D eigenvalue weighted by atomic mass is 10.2. The third-order valence-corrected chi connectivity index (χ3v) is 5.73. The van der Waals surface area contributed by atoms with Crippen molar-refractivity contribution < 1.29 is 9.32 Å². The summed E-state index contributed by atoms with van der Waals surface area (Å²) in [5, 5.41) is 14.5. The van der Waals surface area contributed by atoms with Crippen molar-refractivity contribution in [3.63, 3.8) is 0 Å². The summed E-state index contributed by atoms with van der Waals surface area (Å²) in [7, 11) is 0. The number of carbonyl (C=O) groups is 1. The minimum absolute atomic E-state index is 0.0865. The molecule has 25 heavy (non-hydrogen) atoms. The van der Waals surface area contributed by atoms with Gasteiger partial charge in [0.2, 0.25) is 0 Å². The highest BCUT2D eigenvalue weighted by Crippen LogP contribution is 2.39. The molecule has 1 aliphatic carbocycles. The second-order valence-electron chi connectivity index (χ2n) is 6.65. The fraction of sp³-hybridized carbons (Fsp3) is 0.412. The average molecular weight is 355 g/mol. The van der Waals surface area contributed by atoms with Gasteiger partial charge in [-0.3, -0.25) is 4.79 Å². The molecule has 4 heterocycles. The highest BCUT2D eigenvalue weighted by Gasteiger charge is 2.32. The summed E-state index contributed by atoms with van der Waals surface area (Å²) in [6.07, 6.45) is 5.36. The van der Waals surface area contributed by atoms with Gasteiger partial charge in [0.25, 0.3) is 5.91 Å². The third-order valence-electron chi connectivity index (χ3n) is 4.84. The van der Waals surface area contributed by atoms with Crippen LogP contribution in [0.2, 0.25) is 0 Å². The Morgan fingerprint density at radius 2 is 2.24 bits per heavy atom. The molecule has 7 nitrogen and oxygen atoms in total. The number of carbonyl (C=O) groups excluding carboxylic acids is 1. The van der Waals surface area contributed by atoms with Crippen molar-refractivity contribution in [3.05, 3.63) is 41.2 Å². The number of thiophene rings is 1. The maximum Gasteiger partial charge on any atom is 0.276 e. The van der Waals surface area contributed by atoms with Gasteiger partial charge in [-0.1, -0.05) is 16.4 Å². The predicted molar refractivity (Wildman–Crippen MR) is 91.4 cm³/mol. The minimum Gasteiger partial charge on any atom is -0.355 e. The number of aromatic nitrogens is 4. The monoisotopic (exact) mass is 355 g/mol. The SMILES string of the molecule is O=C(c1cc(-c2cccs2)on1)N1CCC(n2cc(C3CC3)nn2)C1. The van der Waals surface area contributed by atoms with E-state index in [9.17, 15) is 4.79 Å². The summed E-state index contributed by atoms with van der Waals surface area (Å²) in [6, 6.07) is 5.81. The molecule has 1 amide bonds. The van der Waals surface area contributed by atoms with Crippen LogP contribution in [0.1, 0.15) is 47.4 Å². The highest BCUT2D eigenvalue weighted by atomic mass is 32.1. The van der Waals surface area contributed by atoms with Gasteiger partial charge in [0.1, 0.15) is 0 Å². The Labute approximate surface area is 148 Å². The maximum atomic E-state index is 12.7. The van der Waals surface area contributed by atoms with E-state index in [1.807, 2.05) is 33.3 Å². The molecule has 5 rings (SSSR count). The molecule has 1 aliphatic heterocycles. The highest BCUT2D eigenvalue weighted by molar-refractivity contribution is 7.13. The van der Waals surface area contributed by atoms with Crippen molar-refractivity contribution >= 4 is 17.2 Å². The molecule has 1 atom stereocenters. The van der Waals surface area contributed by atoms with Crippen molar-refractivity contribution in [2.24, 2.45) is 0 Å². The lowest BCUT2D eigenvalue weighted by Gasteiger charge is -2.14. The molecule has 0 N–H and O–H groups in total. The molecule has 3 aromatic rings.